The molecule has 0 radical (unpaired) electrons. The number of likely N-dealkylation sites (tertiary alicyclic amines) is 1. The molecule has 0 bridgehead atoms. The van der Waals surface area contributed by atoms with Crippen molar-refractivity contribution in [2.24, 2.45) is 0 Å². The molecule has 2 aromatic heterocycles. The van der Waals surface area contributed by atoms with Crippen LogP contribution in [0.3, 0.4) is 0 Å². The molecule has 0 saturated carbocycles. The van der Waals surface area contributed by atoms with E-state index < -0.39 is 0 Å². The van der Waals surface area contributed by atoms with Crippen LogP contribution >= 0.6 is 0 Å². The summed E-state index contributed by atoms with van der Waals surface area (Å²) < 4.78 is 4.01. The van der Waals surface area contributed by atoms with Crippen LogP contribution in [-0.2, 0) is 19.6 Å². The summed E-state index contributed by atoms with van der Waals surface area (Å²) in [6.07, 6.45) is 10.4. The molecular weight excluding hydrogens is 262 g/mol. The van der Waals surface area contributed by atoms with Gasteiger partial charge in [0, 0.05) is 36.7 Å². The Balaban J connectivity index is 1.67. The molecule has 0 N–H and O–H groups in total. The minimum absolute atomic E-state index is 0.576. The minimum Gasteiger partial charge on any atom is -0.294 e. The third kappa shape index (κ3) is 3.24. The van der Waals surface area contributed by atoms with Gasteiger partial charge in [0.05, 0.1) is 18.8 Å². The van der Waals surface area contributed by atoms with Crippen molar-refractivity contribution in [1.29, 1.82) is 0 Å². The molecule has 0 aromatic carbocycles. The minimum atomic E-state index is 0.576. The lowest BCUT2D eigenvalue weighted by molar-refractivity contribution is 0.219. The van der Waals surface area contributed by atoms with Crippen LogP contribution in [-0.4, -0.2) is 37.0 Å². The van der Waals surface area contributed by atoms with Gasteiger partial charge < -0.3 is 0 Å². The van der Waals surface area contributed by atoms with Gasteiger partial charge in [0.15, 0.2) is 0 Å². The van der Waals surface area contributed by atoms with Crippen molar-refractivity contribution in [3.63, 3.8) is 0 Å². The number of hydrogen-bond donors (Lipinski definition) is 0. The van der Waals surface area contributed by atoms with E-state index in [0.29, 0.717) is 6.04 Å². The average Bonchev–Trinajstić information content (AvgIpc) is 3.16. The number of aryl methyl sites for hydroxylation is 1. The van der Waals surface area contributed by atoms with Gasteiger partial charge in [-0.15, -0.1) is 6.58 Å². The van der Waals surface area contributed by atoms with Crippen molar-refractivity contribution in [3.05, 3.63) is 48.6 Å². The van der Waals surface area contributed by atoms with Crippen molar-refractivity contribution < 1.29 is 0 Å². The molecule has 1 saturated heterocycles. The molecule has 5 nitrogen and oxygen atoms in total. The Kier molecular flexibility index (Phi) is 4.20. The predicted molar refractivity (Wildman–Crippen MR) is 82.8 cm³/mol. The van der Waals surface area contributed by atoms with E-state index in [2.05, 4.69) is 34.8 Å². The number of hydrogen-bond acceptors (Lipinski definition) is 3. The zero-order valence-electron chi connectivity index (χ0n) is 12.6. The Labute approximate surface area is 125 Å². The lowest BCUT2D eigenvalue weighted by Crippen LogP contribution is -2.32. The van der Waals surface area contributed by atoms with E-state index in [1.54, 1.807) is 0 Å². The molecular formula is C16H23N5. The second-order valence-corrected chi connectivity index (χ2v) is 5.75. The fourth-order valence-corrected chi connectivity index (χ4v) is 3.09. The lowest BCUT2D eigenvalue weighted by Gasteiger charge is -2.24. The van der Waals surface area contributed by atoms with Crippen LogP contribution in [0.2, 0.25) is 0 Å². The van der Waals surface area contributed by atoms with Gasteiger partial charge in [0.2, 0.25) is 0 Å². The summed E-state index contributed by atoms with van der Waals surface area (Å²) >= 11 is 0. The average molecular weight is 285 g/mol. The van der Waals surface area contributed by atoms with E-state index in [1.807, 2.05) is 33.9 Å². The number of allylic oxidation sites excluding steroid dienone is 1. The van der Waals surface area contributed by atoms with Gasteiger partial charge in [-0.2, -0.15) is 10.2 Å². The van der Waals surface area contributed by atoms with Crippen LogP contribution in [0, 0.1) is 6.92 Å². The maximum absolute atomic E-state index is 4.54. The van der Waals surface area contributed by atoms with Crippen LogP contribution in [0.4, 0.5) is 0 Å². The van der Waals surface area contributed by atoms with Crippen LogP contribution in [0.1, 0.15) is 24.1 Å². The summed E-state index contributed by atoms with van der Waals surface area (Å²) in [5.74, 6) is 0. The summed E-state index contributed by atoms with van der Waals surface area (Å²) in [5.41, 5.74) is 2.45. The van der Waals surface area contributed by atoms with Crippen LogP contribution in [0.25, 0.3) is 0 Å². The van der Waals surface area contributed by atoms with Crippen LogP contribution in [0.15, 0.2) is 37.3 Å². The van der Waals surface area contributed by atoms with Gasteiger partial charge in [0.25, 0.3) is 0 Å². The molecule has 3 rings (SSSR count). The zero-order chi connectivity index (χ0) is 14.7. The number of aromatic nitrogens is 4. The second kappa shape index (κ2) is 6.26. The largest absolute Gasteiger partial charge is 0.294 e. The highest BCUT2D eigenvalue weighted by atomic mass is 15.3. The van der Waals surface area contributed by atoms with E-state index >= 15 is 0 Å². The van der Waals surface area contributed by atoms with Crippen molar-refractivity contribution >= 4 is 0 Å². The lowest BCUT2D eigenvalue weighted by atomic mass is 10.2. The van der Waals surface area contributed by atoms with E-state index in [4.69, 9.17) is 0 Å². The van der Waals surface area contributed by atoms with Crippen molar-refractivity contribution in [2.75, 3.05) is 6.54 Å². The highest BCUT2D eigenvalue weighted by molar-refractivity contribution is 5.16. The summed E-state index contributed by atoms with van der Waals surface area (Å²) in [7, 11) is 0. The normalized spacial score (nSPS) is 19.2. The molecule has 0 amide bonds. The highest BCUT2D eigenvalue weighted by Gasteiger charge is 2.25. The first kappa shape index (κ1) is 14.1. The van der Waals surface area contributed by atoms with E-state index in [0.717, 1.165) is 31.9 Å². The quantitative estimate of drug-likeness (QED) is 0.764. The smallest absolute Gasteiger partial charge is 0.0638 e. The molecule has 21 heavy (non-hydrogen) atoms. The third-order valence-corrected chi connectivity index (χ3v) is 4.19. The molecule has 2 aromatic rings. The molecule has 1 aliphatic rings. The molecule has 0 aliphatic carbocycles. The summed E-state index contributed by atoms with van der Waals surface area (Å²) in [5, 5.41) is 8.87. The van der Waals surface area contributed by atoms with Gasteiger partial charge >= 0.3 is 0 Å². The number of rotatable bonds is 6. The van der Waals surface area contributed by atoms with Gasteiger partial charge in [-0.05, 0) is 32.4 Å². The molecule has 1 aliphatic heterocycles. The van der Waals surface area contributed by atoms with Gasteiger partial charge in [-0.1, -0.05) is 6.08 Å². The molecule has 1 unspecified atom stereocenters. The summed E-state index contributed by atoms with van der Waals surface area (Å²) in [4.78, 5) is 2.56. The molecule has 112 valence electrons. The topological polar surface area (TPSA) is 38.9 Å². The Bertz CT molecular complexity index is 584. The Morgan fingerprint density at radius 1 is 1.43 bits per heavy atom. The van der Waals surface area contributed by atoms with Crippen LogP contribution in [0.5, 0.6) is 0 Å². The molecule has 1 atom stereocenters. The van der Waals surface area contributed by atoms with Gasteiger partial charge in [-0.25, -0.2) is 0 Å². The van der Waals surface area contributed by atoms with Crippen molar-refractivity contribution in [2.45, 2.75) is 45.4 Å². The molecule has 1 fully saturated rings. The standard InChI is InChI=1S/C16H23N5/c1-3-8-21-12-15(14(2)18-21)11-19-9-4-6-16(19)13-20-10-5-7-17-20/h3,5,7,10,12,16H,1,4,6,8-9,11,13H2,2H3. The summed E-state index contributed by atoms with van der Waals surface area (Å²) in [6.45, 7) is 9.76. The van der Waals surface area contributed by atoms with Gasteiger partial charge in [-0.3, -0.25) is 14.3 Å². The Hall–Kier alpha value is -1.88. The van der Waals surface area contributed by atoms with Crippen LogP contribution < -0.4 is 0 Å². The molecule has 0 spiro atoms. The highest BCUT2D eigenvalue weighted by Crippen LogP contribution is 2.22. The maximum atomic E-state index is 4.54. The Morgan fingerprint density at radius 2 is 2.33 bits per heavy atom. The first-order chi connectivity index (χ1) is 10.3. The zero-order valence-corrected chi connectivity index (χ0v) is 12.6. The maximum Gasteiger partial charge on any atom is 0.0638 e. The second-order valence-electron chi connectivity index (χ2n) is 5.75. The van der Waals surface area contributed by atoms with E-state index in [9.17, 15) is 0 Å². The predicted octanol–water partition coefficient (Wildman–Crippen LogP) is 2.24. The fourth-order valence-electron chi connectivity index (χ4n) is 3.09. The van der Waals surface area contributed by atoms with Crippen molar-refractivity contribution in [3.8, 4) is 0 Å². The summed E-state index contributed by atoms with van der Waals surface area (Å²) in [6, 6.07) is 2.56. The fraction of sp³-hybridized carbons (Fsp3) is 0.500. The Morgan fingerprint density at radius 3 is 3.10 bits per heavy atom. The van der Waals surface area contributed by atoms with Gasteiger partial charge in [0.1, 0.15) is 0 Å². The SMILES string of the molecule is C=CCn1cc(CN2CCCC2Cn2cccn2)c(C)n1. The monoisotopic (exact) mass is 285 g/mol. The molecule has 3 heterocycles. The van der Waals surface area contributed by atoms with Crippen molar-refractivity contribution in [1.82, 2.24) is 24.5 Å². The first-order valence-corrected chi connectivity index (χ1v) is 7.61. The van der Waals surface area contributed by atoms with E-state index in [-0.39, 0.29) is 0 Å². The number of nitrogens with zero attached hydrogens (tertiary/aromatic N) is 5. The van der Waals surface area contributed by atoms with E-state index in [1.165, 1.54) is 18.4 Å². The molecule has 5 heteroatoms. The first-order valence-electron chi connectivity index (χ1n) is 7.61. The third-order valence-electron chi connectivity index (χ3n) is 4.19.